The first-order valence-corrected chi connectivity index (χ1v) is 9.45. The van der Waals surface area contributed by atoms with Crippen LogP contribution in [0.4, 0.5) is 5.82 Å². The van der Waals surface area contributed by atoms with Gasteiger partial charge in [-0.25, -0.2) is 8.42 Å². The number of nitrogens with zero attached hydrogens (tertiary/aromatic N) is 3. The van der Waals surface area contributed by atoms with E-state index in [1.165, 1.54) is 4.31 Å². The minimum Gasteiger partial charge on any atom is -0.360 e. The number of carbonyl (C=O) groups is 1. The third-order valence-corrected chi connectivity index (χ3v) is 5.70. The molecule has 1 N–H and O–H groups in total. The molecule has 0 atom stereocenters. The number of hydrogen-bond acceptors (Lipinski definition) is 6. The number of anilines is 1. The summed E-state index contributed by atoms with van der Waals surface area (Å²) >= 11 is 0. The summed E-state index contributed by atoms with van der Waals surface area (Å²) in [5.41, 5.74) is 0. The van der Waals surface area contributed by atoms with E-state index in [1.54, 1.807) is 13.0 Å². The summed E-state index contributed by atoms with van der Waals surface area (Å²) in [6.45, 7) is 5.91. The number of amides is 1. The lowest BCUT2D eigenvalue weighted by atomic mass is 10.3. The predicted molar refractivity (Wildman–Crippen MR) is 86.6 cm³/mol. The van der Waals surface area contributed by atoms with Gasteiger partial charge in [-0.05, 0) is 13.3 Å². The van der Waals surface area contributed by atoms with E-state index >= 15 is 0 Å². The Hall–Kier alpha value is -1.45. The third kappa shape index (κ3) is 5.29. The van der Waals surface area contributed by atoms with Gasteiger partial charge in [0, 0.05) is 32.2 Å². The Balaban J connectivity index is 1.77. The largest absolute Gasteiger partial charge is 0.360 e. The molecule has 1 fully saturated rings. The number of rotatable bonds is 7. The van der Waals surface area contributed by atoms with Crippen LogP contribution < -0.4 is 5.32 Å². The van der Waals surface area contributed by atoms with Crippen molar-refractivity contribution in [2.75, 3.05) is 43.8 Å². The number of aromatic nitrogens is 1. The zero-order valence-electron chi connectivity index (χ0n) is 13.6. The minimum absolute atomic E-state index is 0.180. The summed E-state index contributed by atoms with van der Waals surface area (Å²) in [7, 11) is -3.16. The van der Waals surface area contributed by atoms with Gasteiger partial charge in [-0.2, -0.15) is 4.31 Å². The fraction of sp³-hybridized carbons (Fsp3) is 0.714. The Morgan fingerprint density at radius 1 is 1.35 bits per heavy atom. The highest BCUT2D eigenvalue weighted by atomic mass is 32.2. The lowest BCUT2D eigenvalue weighted by molar-refractivity contribution is -0.117. The summed E-state index contributed by atoms with van der Waals surface area (Å²) in [6.07, 6.45) is 1.54. The van der Waals surface area contributed by atoms with Gasteiger partial charge < -0.3 is 9.84 Å². The van der Waals surface area contributed by atoms with E-state index in [1.807, 2.05) is 11.8 Å². The molecule has 2 rings (SSSR count). The lowest BCUT2D eigenvalue weighted by Gasteiger charge is -2.33. The van der Waals surface area contributed by atoms with E-state index in [4.69, 9.17) is 4.52 Å². The van der Waals surface area contributed by atoms with Gasteiger partial charge in [0.05, 0.1) is 12.3 Å². The van der Waals surface area contributed by atoms with Crippen molar-refractivity contribution >= 4 is 21.7 Å². The topological polar surface area (TPSA) is 95.8 Å². The molecule has 8 nitrogen and oxygen atoms in total. The Bertz CT molecular complexity index is 620. The zero-order chi connectivity index (χ0) is 16.9. The van der Waals surface area contributed by atoms with Crippen LogP contribution in [0.15, 0.2) is 10.6 Å². The van der Waals surface area contributed by atoms with Gasteiger partial charge in [-0.15, -0.1) is 0 Å². The molecule has 0 aliphatic carbocycles. The average molecular weight is 344 g/mol. The highest BCUT2D eigenvalue weighted by Gasteiger charge is 2.27. The van der Waals surface area contributed by atoms with Crippen molar-refractivity contribution < 1.29 is 17.7 Å². The molecule has 23 heavy (non-hydrogen) atoms. The first-order valence-electron chi connectivity index (χ1n) is 7.84. The molecule has 0 saturated carbocycles. The highest BCUT2D eigenvalue weighted by molar-refractivity contribution is 7.89. The van der Waals surface area contributed by atoms with Gasteiger partial charge in [0.2, 0.25) is 15.9 Å². The fourth-order valence-corrected chi connectivity index (χ4v) is 4.06. The summed E-state index contributed by atoms with van der Waals surface area (Å²) in [6, 6.07) is 1.65. The minimum atomic E-state index is -3.16. The van der Waals surface area contributed by atoms with Crippen LogP contribution in [-0.4, -0.2) is 67.2 Å². The summed E-state index contributed by atoms with van der Waals surface area (Å²) in [5, 5.41) is 6.37. The summed E-state index contributed by atoms with van der Waals surface area (Å²) in [5.74, 6) is 1.05. The highest BCUT2D eigenvalue weighted by Crippen LogP contribution is 2.11. The molecular weight excluding hydrogens is 320 g/mol. The van der Waals surface area contributed by atoms with Crippen LogP contribution in [0.1, 0.15) is 25.5 Å². The molecule has 9 heteroatoms. The van der Waals surface area contributed by atoms with E-state index in [-0.39, 0.29) is 18.2 Å². The predicted octanol–water partition coefficient (Wildman–Crippen LogP) is 0.669. The standard InChI is InChI=1S/C14H24N4O4S/c1-3-4-9-23(20,21)18-7-5-17(6-8-18)11-14(19)15-13-10-12(2)22-16-13/h10H,3-9,11H2,1-2H3,(H,15,16,19). The molecule has 1 amide bonds. The molecule has 0 aromatic carbocycles. The van der Waals surface area contributed by atoms with Gasteiger partial charge in [0.25, 0.3) is 0 Å². The number of sulfonamides is 1. The summed E-state index contributed by atoms with van der Waals surface area (Å²) < 4.78 is 30.7. The molecule has 1 saturated heterocycles. The fourth-order valence-electron chi connectivity index (χ4n) is 2.43. The van der Waals surface area contributed by atoms with Gasteiger partial charge in [0.1, 0.15) is 5.76 Å². The van der Waals surface area contributed by atoms with Crippen LogP contribution in [0, 0.1) is 6.92 Å². The lowest BCUT2D eigenvalue weighted by Crippen LogP contribution is -2.50. The van der Waals surface area contributed by atoms with Gasteiger partial charge >= 0.3 is 0 Å². The van der Waals surface area contributed by atoms with E-state index < -0.39 is 10.0 Å². The van der Waals surface area contributed by atoms with Crippen LogP contribution in [-0.2, 0) is 14.8 Å². The first-order chi connectivity index (χ1) is 10.9. The van der Waals surface area contributed by atoms with Gasteiger partial charge in [-0.3, -0.25) is 9.69 Å². The monoisotopic (exact) mass is 344 g/mol. The van der Waals surface area contributed by atoms with Gasteiger partial charge in [-0.1, -0.05) is 18.5 Å². The Morgan fingerprint density at radius 2 is 2.04 bits per heavy atom. The van der Waals surface area contributed by atoms with Crippen molar-refractivity contribution in [1.29, 1.82) is 0 Å². The molecule has 1 aliphatic heterocycles. The number of hydrogen-bond donors (Lipinski definition) is 1. The van der Waals surface area contributed by atoms with Crippen LogP contribution in [0.5, 0.6) is 0 Å². The van der Waals surface area contributed by atoms with Crippen molar-refractivity contribution in [1.82, 2.24) is 14.4 Å². The van der Waals surface area contributed by atoms with Crippen LogP contribution in [0.2, 0.25) is 0 Å². The maximum absolute atomic E-state index is 12.1. The molecule has 1 aromatic heterocycles. The molecule has 0 spiro atoms. The van der Waals surface area contributed by atoms with E-state index in [0.29, 0.717) is 44.2 Å². The zero-order valence-corrected chi connectivity index (χ0v) is 14.4. The van der Waals surface area contributed by atoms with E-state index in [0.717, 1.165) is 6.42 Å². The molecule has 130 valence electrons. The first kappa shape index (κ1) is 17.9. The van der Waals surface area contributed by atoms with Crippen molar-refractivity contribution in [3.63, 3.8) is 0 Å². The smallest absolute Gasteiger partial charge is 0.239 e. The van der Waals surface area contributed by atoms with Crippen molar-refractivity contribution in [3.8, 4) is 0 Å². The second-order valence-electron chi connectivity index (χ2n) is 5.72. The number of piperazine rings is 1. The molecule has 1 aromatic rings. The Kier molecular flexibility index (Phi) is 6.14. The maximum atomic E-state index is 12.1. The average Bonchev–Trinajstić information content (AvgIpc) is 2.90. The van der Waals surface area contributed by atoms with Crippen molar-refractivity contribution in [3.05, 3.63) is 11.8 Å². The number of unbranched alkanes of at least 4 members (excludes halogenated alkanes) is 1. The maximum Gasteiger partial charge on any atom is 0.239 e. The molecule has 2 heterocycles. The quantitative estimate of drug-likeness (QED) is 0.781. The summed E-state index contributed by atoms with van der Waals surface area (Å²) in [4.78, 5) is 13.9. The van der Waals surface area contributed by atoms with Crippen LogP contribution in [0.25, 0.3) is 0 Å². The number of carbonyl (C=O) groups excluding carboxylic acids is 1. The molecule has 0 unspecified atom stereocenters. The second kappa shape index (κ2) is 7.89. The van der Waals surface area contributed by atoms with Crippen LogP contribution in [0.3, 0.4) is 0 Å². The third-order valence-electron chi connectivity index (χ3n) is 3.74. The van der Waals surface area contributed by atoms with E-state index in [2.05, 4.69) is 10.5 Å². The normalized spacial score (nSPS) is 17.3. The second-order valence-corrected chi connectivity index (χ2v) is 7.80. The van der Waals surface area contributed by atoms with Crippen LogP contribution >= 0.6 is 0 Å². The number of aryl methyl sites for hydroxylation is 1. The molecule has 0 radical (unpaired) electrons. The van der Waals surface area contributed by atoms with E-state index in [9.17, 15) is 13.2 Å². The Morgan fingerprint density at radius 3 is 2.61 bits per heavy atom. The Labute approximate surface area is 136 Å². The molecule has 0 bridgehead atoms. The van der Waals surface area contributed by atoms with Gasteiger partial charge in [0.15, 0.2) is 5.82 Å². The number of nitrogens with one attached hydrogen (secondary N) is 1. The van der Waals surface area contributed by atoms with Crippen molar-refractivity contribution in [2.24, 2.45) is 0 Å². The molecule has 1 aliphatic rings. The SMILES string of the molecule is CCCCS(=O)(=O)N1CCN(CC(=O)Nc2cc(C)on2)CC1. The molecular formula is C14H24N4O4S. The van der Waals surface area contributed by atoms with Crippen molar-refractivity contribution in [2.45, 2.75) is 26.7 Å².